The molecule has 128 valence electrons. The van der Waals surface area contributed by atoms with E-state index < -0.39 is 11.9 Å². The summed E-state index contributed by atoms with van der Waals surface area (Å²) in [4.78, 5) is 11.6. The summed E-state index contributed by atoms with van der Waals surface area (Å²) in [6, 6.07) is 10.7. The molecule has 2 aromatic carbocycles. The summed E-state index contributed by atoms with van der Waals surface area (Å²) in [6.45, 7) is 0.528. The van der Waals surface area contributed by atoms with Crippen LogP contribution in [0.3, 0.4) is 0 Å². The van der Waals surface area contributed by atoms with Crippen LogP contribution in [0.4, 0.5) is 4.39 Å². The predicted molar refractivity (Wildman–Crippen MR) is 89.6 cm³/mol. The molecule has 0 aliphatic carbocycles. The zero-order valence-corrected chi connectivity index (χ0v) is 13.7. The van der Waals surface area contributed by atoms with Gasteiger partial charge in [0.2, 0.25) is 5.91 Å². The highest BCUT2D eigenvalue weighted by molar-refractivity contribution is 5.81. The molecule has 1 unspecified atom stereocenters. The van der Waals surface area contributed by atoms with Crippen LogP contribution in [0, 0.1) is 5.82 Å². The van der Waals surface area contributed by atoms with Crippen molar-refractivity contribution in [3.8, 4) is 11.5 Å². The summed E-state index contributed by atoms with van der Waals surface area (Å²) in [5.41, 5.74) is 7.10. The van der Waals surface area contributed by atoms with Gasteiger partial charge in [0.15, 0.2) is 11.5 Å². The first kappa shape index (κ1) is 17.7. The third-order valence-electron chi connectivity index (χ3n) is 3.70. The van der Waals surface area contributed by atoms with E-state index in [0.29, 0.717) is 30.0 Å². The maximum absolute atomic E-state index is 13.0. The van der Waals surface area contributed by atoms with Crippen LogP contribution in [-0.2, 0) is 11.2 Å². The van der Waals surface area contributed by atoms with Gasteiger partial charge in [0.05, 0.1) is 14.2 Å². The average molecular weight is 332 g/mol. The van der Waals surface area contributed by atoms with Gasteiger partial charge in [-0.2, -0.15) is 0 Å². The van der Waals surface area contributed by atoms with E-state index in [1.54, 1.807) is 26.4 Å². The number of methoxy groups -OCH3 is 2. The molecule has 0 saturated carbocycles. The maximum Gasteiger partial charge on any atom is 0.239 e. The largest absolute Gasteiger partial charge is 0.493 e. The Balaban J connectivity index is 2.00. The lowest BCUT2D eigenvalue weighted by Gasteiger charge is -2.16. The van der Waals surface area contributed by atoms with Gasteiger partial charge < -0.3 is 20.5 Å². The van der Waals surface area contributed by atoms with Crippen molar-refractivity contribution in [1.82, 2.24) is 5.32 Å². The second-order valence-corrected chi connectivity index (χ2v) is 5.28. The van der Waals surface area contributed by atoms with Gasteiger partial charge in [-0.15, -0.1) is 0 Å². The summed E-state index contributed by atoms with van der Waals surface area (Å²) in [5, 5.41) is 3.10. The molecule has 24 heavy (non-hydrogen) atoms. The summed E-state index contributed by atoms with van der Waals surface area (Å²) in [7, 11) is 3.16. The lowest BCUT2D eigenvalue weighted by molar-refractivity contribution is -0.120. The minimum atomic E-state index is -0.661. The van der Waals surface area contributed by atoms with Crippen molar-refractivity contribution in [1.29, 1.82) is 0 Å². The van der Waals surface area contributed by atoms with E-state index in [1.807, 2.05) is 18.2 Å². The van der Waals surface area contributed by atoms with Crippen LogP contribution in [0.2, 0.25) is 0 Å². The number of carbonyl (C=O) groups excluding carboxylic acids is 1. The third-order valence-corrected chi connectivity index (χ3v) is 3.70. The second-order valence-electron chi connectivity index (χ2n) is 5.28. The van der Waals surface area contributed by atoms with Gasteiger partial charge in [-0.1, -0.05) is 18.2 Å². The van der Waals surface area contributed by atoms with Gasteiger partial charge in [0.1, 0.15) is 11.9 Å². The predicted octanol–water partition coefficient (Wildman–Crippen LogP) is 2.20. The van der Waals surface area contributed by atoms with E-state index in [2.05, 4.69) is 5.32 Å². The third kappa shape index (κ3) is 4.45. The van der Waals surface area contributed by atoms with Gasteiger partial charge in [0.25, 0.3) is 0 Å². The number of nitrogens with one attached hydrogen (secondary N) is 1. The van der Waals surface area contributed by atoms with Crippen molar-refractivity contribution in [2.45, 2.75) is 12.5 Å². The van der Waals surface area contributed by atoms with Crippen LogP contribution in [-0.4, -0.2) is 26.7 Å². The highest BCUT2D eigenvalue weighted by Gasteiger charge is 2.17. The topological polar surface area (TPSA) is 73.6 Å². The number of hydrogen-bond acceptors (Lipinski definition) is 4. The Labute approximate surface area is 140 Å². The van der Waals surface area contributed by atoms with Crippen LogP contribution in [0.15, 0.2) is 42.5 Å². The molecule has 0 spiro atoms. The Morgan fingerprint density at radius 3 is 2.38 bits per heavy atom. The summed E-state index contributed by atoms with van der Waals surface area (Å²) < 4.78 is 23.5. The van der Waals surface area contributed by atoms with Crippen LogP contribution < -0.4 is 20.5 Å². The minimum Gasteiger partial charge on any atom is -0.493 e. The molecular formula is C18H21FN2O3. The summed E-state index contributed by atoms with van der Waals surface area (Å²) >= 11 is 0. The first-order valence-electron chi connectivity index (χ1n) is 7.54. The highest BCUT2D eigenvalue weighted by atomic mass is 19.1. The van der Waals surface area contributed by atoms with Gasteiger partial charge in [-0.3, -0.25) is 4.79 Å². The standard InChI is InChI=1S/C18H21FN2O3/c1-23-15-8-3-12(11-16(15)24-2)9-10-21-17(18(20)22)13-4-6-14(19)7-5-13/h3-8,11,17,21H,9-10H2,1-2H3,(H2,20,22). The Kier molecular flexibility index (Phi) is 6.14. The van der Waals surface area contributed by atoms with E-state index in [0.717, 1.165) is 5.56 Å². The number of hydrogen-bond donors (Lipinski definition) is 2. The van der Waals surface area contributed by atoms with Crippen molar-refractivity contribution in [2.24, 2.45) is 5.73 Å². The SMILES string of the molecule is COc1ccc(CCNC(C(N)=O)c2ccc(F)cc2)cc1OC. The molecule has 2 aromatic rings. The van der Waals surface area contributed by atoms with Crippen LogP contribution in [0.1, 0.15) is 17.2 Å². The van der Waals surface area contributed by atoms with Crippen molar-refractivity contribution in [3.63, 3.8) is 0 Å². The fourth-order valence-electron chi connectivity index (χ4n) is 2.43. The lowest BCUT2D eigenvalue weighted by atomic mass is 10.1. The first-order chi connectivity index (χ1) is 11.5. The molecule has 1 atom stereocenters. The number of ether oxygens (including phenoxy) is 2. The minimum absolute atomic E-state index is 0.354. The number of benzene rings is 2. The molecule has 2 rings (SSSR count). The first-order valence-corrected chi connectivity index (χ1v) is 7.54. The monoisotopic (exact) mass is 332 g/mol. The fraction of sp³-hybridized carbons (Fsp3) is 0.278. The van der Waals surface area contributed by atoms with Crippen molar-refractivity contribution >= 4 is 5.91 Å². The van der Waals surface area contributed by atoms with E-state index in [1.165, 1.54) is 12.1 Å². The maximum atomic E-state index is 13.0. The highest BCUT2D eigenvalue weighted by Crippen LogP contribution is 2.27. The fourth-order valence-corrected chi connectivity index (χ4v) is 2.43. The zero-order chi connectivity index (χ0) is 17.5. The average Bonchev–Trinajstić information content (AvgIpc) is 2.59. The molecule has 1 amide bonds. The van der Waals surface area contributed by atoms with E-state index >= 15 is 0 Å². The molecule has 0 aliphatic rings. The van der Waals surface area contributed by atoms with Gasteiger partial charge in [-0.05, 0) is 41.8 Å². The van der Waals surface area contributed by atoms with Crippen molar-refractivity contribution in [2.75, 3.05) is 20.8 Å². The molecule has 0 aromatic heterocycles. The van der Waals surface area contributed by atoms with Crippen molar-refractivity contribution < 1.29 is 18.7 Å². The number of carbonyl (C=O) groups is 1. The smallest absolute Gasteiger partial charge is 0.239 e. The Hall–Kier alpha value is -2.60. The Bertz CT molecular complexity index is 689. The molecule has 0 heterocycles. The lowest BCUT2D eigenvalue weighted by Crippen LogP contribution is -2.34. The molecular weight excluding hydrogens is 311 g/mol. The molecule has 5 nitrogen and oxygen atoms in total. The van der Waals surface area contributed by atoms with Crippen LogP contribution in [0.25, 0.3) is 0 Å². The van der Waals surface area contributed by atoms with Crippen molar-refractivity contribution in [3.05, 3.63) is 59.4 Å². The van der Waals surface area contributed by atoms with Gasteiger partial charge in [0, 0.05) is 6.54 Å². The molecule has 0 saturated heterocycles. The van der Waals surface area contributed by atoms with Gasteiger partial charge >= 0.3 is 0 Å². The van der Waals surface area contributed by atoms with Crippen LogP contribution in [0.5, 0.6) is 11.5 Å². The number of nitrogens with two attached hydrogens (primary N) is 1. The normalized spacial score (nSPS) is 11.8. The van der Waals surface area contributed by atoms with E-state index in [-0.39, 0.29) is 5.82 Å². The molecule has 0 bridgehead atoms. The summed E-state index contributed by atoms with van der Waals surface area (Å²) in [5.74, 6) is 0.455. The second kappa shape index (κ2) is 8.31. The number of rotatable bonds is 8. The molecule has 3 N–H and O–H groups in total. The zero-order valence-electron chi connectivity index (χ0n) is 13.7. The molecule has 6 heteroatoms. The number of primary amides is 1. The van der Waals surface area contributed by atoms with E-state index in [4.69, 9.17) is 15.2 Å². The van der Waals surface area contributed by atoms with E-state index in [9.17, 15) is 9.18 Å². The quantitative estimate of drug-likeness (QED) is 0.777. The molecule has 0 radical (unpaired) electrons. The van der Waals surface area contributed by atoms with Gasteiger partial charge in [-0.25, -0.2) is 4.39 Å². The Morgan fingerprint density at radius 1 is 1.12 bits per heavy atom. The van der Waals surface area contributed by atoms with Crippen LogP contribution >= 0.6 is 0 Å². The molecule has 0 aliphatic heterocycles. The number of halogens is 1. The Morgan fingerprint density at radius 2 is 1.79 bits per heavy atom. The number of amides is 1. The summed E-state index contributed by atoms with van der Waals surface area (Å²) in [6.07, 6.45) is 0.672. The molecule has 0 fully saturated rings.